The van der Waals surface area contributed by atoms with Crippen molar-refractivity contribution in [2.75, 3.05) is 5.73 Å². The highest BCUT2D eigenvalue weighted by Gasteiger charge is 2.08. The monoisotopic (exact) mass is 251 g/mol. The summed E-state index contributed by atoms with van der Waals surface area (Å²) in [5.74, 6) is 0. The molecular weight excluding hydrogens is 234 g/mol. The zero-order valence-corrected chi connectivity index (χ0v) is 10.6. The summed E-state index contributed by atoms with van der Waals surface area (Å²) in [5, 5.41) is 0. The third-order valence-corrected chi connectivity index (χ3v) is 3.35. The summed E-state index contributed by atoms with van der Waals surface area (Å²) < 4.78 is 0. The lowest BCUT2D eigenvalue weighted by Crippen LogP contribution is -2.17. The third kappa shape index (κ3) is 2.46. The minimum Gasteiger partial charge on any atom is -0.399 e. The zero-order chi connectivity index (χ0) is 13.2. The number of aromatic amines is 1. The summed E-state index contributed by atoms with van der Waals surface area (Å²) >= 11 is 0. The van der Waals surface area contributed by atoms with Crippen LogP contribution in [-0.2, 0) is 0 Å². The van der Waals surface area contributed by atoms with Gasteiger partial charge in [0.1, 0.15) is 0 Å². The van der Waals surface area contributed by atoms with E-state index in [2.05, 4.69) is 29.3 Å². The van der Waals surface area contributed by atoms with Gasteiger partial charge in [-0.3, -0.25) is 0 Å². The molecule has 0 aliphatic heterocycles. The van der Waals surface area contributed by atoms with Gasteiger partial charge < -0.3 is 16.5 Å². The van der Waals surface area contributed by atoms with Crippen molar-refractivity contribution >= 4 is 11.3 Å². The van der Waals surface area contributed by atoms with Crippen molar-refractivity contribution in [3.8, 4) is 11.3 Å². The predicted molar refractivity (Wildman–Crippen MR) is 80.4 cm³/mol. The lowest BCUT2D eigenvalue weighted by atomic mass is 10.0. The van der Waals surface area contributed by atoms with Crippen LogP contribution in [0.4, 0.5) is 5.69 Å². The molecule has 3 heteroatoms. The number of hydrogen-bond acceptors (Lipinski definition) is 2. The minimum atomic E-state index is 0.148. The summed E-state index contributed by atoms with van der Waals surface area (Å²) in [6, 6.07) is 12.2. The Morgan fingerprint density at radius 3 is 2.42 bits per heavy atom. The summed E-state index contributed by atoms with van der Waals surface area (Å²) in [6.07, 6.45) is 7.18. The first-order valence-electron chi connectivity index (χ1n) is 6.41. The van der Waals surface area contributed by atoms with Gasteiger partial charge in [-0.2, -0.15) is 0 Å². The minimum absolute atomic E-state index is 0.148. The Morgan fingerprint density at radius 2 is 1.74 bits per heavy atom. The predicted octanol–water partition coefficient (Wildman–Crippen LogP) is 2.93. The lowest BCUT2D eigenvalue weighted by molar-refractivity contribution is 0.828. The second-order valence-electron chi connectivity index (χ2n) is 4.83. The number of nitrogen functional groups attached to an aromatic ring is 1. The molecule has 1 aromatic carbocycles. The standard InChI is InChI=1S/C16H17N3/c17-13-5-1-11(2-6-13)15-9-10-16(19-15)12-3-7-14(18)8-4-12/h1-7,9-10,14,19H,8,17-18H2. The molecule has 0 fully saturated rings. The molecule has 0 bridgehead atoms. The van der Waals surface area contributed by atoms with Crippen molar-refractivity contribution in [1.82, 2.24) is 4.98 Å². The fourth-order valence-electron chi connectivity index (χ4n) is 2.23. The van der Waals surface area contributed by atoms with E-state index < -0.39 is 0 Å². The smallest absolute Gasteiger partial charge is 0.0458 e. The van der Waals surface area contributed by atoms with E-state index >= 15 is 0 Å². The van der Waals surface area contributed by atoms with Gasteiger partial charge in [0.15, 0.2) is 0 Å². The first-order valence-corrected chi connectivity index (χ1v) is 6.41. The number of nitrogens with two attached hydrogens (primary N) is 2. The number of benzene rings is 1. The van der Waals surface area contributed by atoms with Gasteiger partial charge in [0.25, 0.3) is 0 Å². The normalized spacial score (nSPS) is 18.4. The van der Waals surface area contributed by atoms with E-state index in [1.54, 1.807) is 0 Å². The van der Waals surface area contributed by atoms with Crippen molar-refractivity contribution in [3.05, 3.63) is 60.3 Å². The number of allylic oxidation sites excluding steroid dienone is 2. The van der Waals surface area contributed by atoms with Crippen LogP contribution in [0, 0.1) is 0 Å². The Hall–Kier alpha value is -2.26. The molecular formula is C16H17N3. The highest BCUT2D eigenvalue weighted by Crippen LogP contribution is 2.25. The average molecular weight is 251 g/mol. The Balaban J connectivity index is 1.88. The van der Waals surface area contributed by atoms with Crippen molar-refractivity contribution in [3.63, 3.8) is 0 Å². The quantitative estimate of drug-likeness (QED) is 0.718. The maximum Gasteiger partial charge on any atom is 0.0458 e. The van der Waals surface area contributed by atoms with Crippen LogP contribution < -0.4 is 11.5 Å². The van der Waals surface area contributed by atoms with E-state index in [1.165, 1.54) is 5.57 Å². The molecule has 1 aromatic heterocycles. The second kappa shape index (κ2) is 4.78. The molecule has 1 heterocycles. The van der Waals surface area contributed by atoms with Crippen LogP contribution in [0.3, 0.4) is 0 Å². The number of H-pyrrole nitrogens is 1. The molecule has 2 aromatic rings. The molecule has 0 saturated heterocycles. The molecule has 3 rings (SSSR count). The van der Waals surface area contributed by atoms with Crippen LogP contribution in [0.1, 0.15) is 12.1 Å². The van der Waals surface area contributed by atoms with E-state index in [4.69, 9.17) is 11.5 Å². The van der Waals surface area contributed by atoms with Crippen molar-refractivity contribution in [2.45, 2.75) is 12.5 Å². The van der Waals surface area contributed by atoms with Crippen molar-refractivity contribution in [1.29, 1.82) is 0 Å². The highest BCUT2D eigenvalue weighted by molar-refractivity contribution is 5.75. The van der Waals surface area contributed by atoms with Crippen LogP contribution in [0.2, 0.25) is 0 Å². The number of hydrogen-bond donors (Lipinski definition) is 3. The van der Waals surface area contributed by atoms with Gasteiger partial charge in [0, 0.05) is 23.1 Å². The van der Waals surface area contributed by atoms with Gasteiger partial charge in [-0.05, 0) is 41.8 Å². The van der Waals surface area contributed by atoms with Gasteiger partial charge in [-0.25, -0.2) is 0 Å². The van der Waals surface area contributed by atoms with Crippen molar-refractivity contribution in [2.24, 2.45) is 5.73 Å². The Bertz CT molecular complexity index is 632. The van der Waals surface area contributed by atoms with E-state index in [0.29, 0.717) is 0 Å². The first-order chi connectivity index (χ1) is 9.22. The molecule has 3 nitrogen and oxygen atoms in total. The second-order valence-corrected chi connectivity index (χ2v) is 4.83. The van der Waals surface area contributed by atoms with Crippen LogP contribution >= 0.6 is 0 Å². The topological polar surface area (TPSA) is 67.8 Å². The molecule has 1 unspecified atom stereocenters. The van der Waals surface area contributed by atoms with Gasteiger partial charge in [0.2, 0.25) is 0 Å². The van der Waals surface area contributed by atoms with E-state index in [1.807, 2.05) is 30.3 Å². The highest BCUT2D eigenvalue weighted by atomic mass is 14.7. The fourth-order valence-corrected chi connectivity index (χ4v) is 2.23. The van der Waals surface area contributed by atoms with Gasteiger partial charge in [-0.15, -0.1) is 0 Å². The first kappa shape index (κ1) is 11.8. The fraction of sp³-hybridized carbons (Fsp3) is 0.125. The molecule has 19 heavy (non-hydrogen) atoms. The Kier molecular flexibility index (Phi) is 2.97. The molecule has 0 amide bonds. The summed E-state index contributed by atoms with van der Waals surface area (Å²) in [4.78, 5) is 3.43. The van der Waals surface area contributed by atoms with Gasteiger partial charge in [-0.1, -0.05) is 30.4 Å². The zero-order valence-electron chi connectivity index (χ0n) is 10.6. The van der Waals surface area contributed by atoms with Gasteiger partial charge in [0.05, 0.1) is 0 Å². The Labute approximate surface area is 112 Å². The maximum atomic E-state index is 5.83. The number of anilines is 1. The van der Waals surface area contributed by atoms with Crippen molar-refractivity contribution < 1.29 is 0 Å². The summed E-state index contributed by atoms with van der Waals surface area (Å²) in [7, 11) is 0. The van der Waals surface area contributed by atoms with E-state index in [0.717, 1.165) is 29.1 Å². The molecule has 1 atom stereocenters. The average Bonchev–Trinajstić information content (AvgIpc) is 2.90. The number of nitrogens with one attached hydrogen (secondary N) is 1. The molecule has 1 aliphatic rings. The largest absolute Gasteiger partial charge is 0.399 e. The maximum absolute atomic E-state index is 5.83. The molecule has 0 radical (unpaired) electrons. The van der Waals surface area contributed by atoms with Crippen LogP contribution in [0.15, 0.2) is 54.6 Å². The molecule has 1 aliphatic carbocycles. The summed E-state index contributed by atoms with van der Waals surface area (Å²) in [6.45, 7) is 0. The number of aromatic nitrogens is 1. The summed E-state index contributed by atoms with van der Waals surface area (Å²) in [5.41, 5.74) is 16.9. The van der Waals surface area contributed by atoms with E-state index in [-0.39, 0.29) is 6.04 Å². The molecule has 0 saturated carbocycles. The SMILES string of the molecule is Nc1ccc(-c2ccc(C3=CCC(N)C=C3)[nH]2)cc1. The Morgan fingerprint density at radius 1 is 1.00 bits per heavy atom. The molecule has 96 valence electrons. The van der Waals surface area contributed by atoms with Crippen LogP contribution in [0.25, 0.3) is 16.8 Å². The van der Waals surface area contributed by atoms with Crippen LogP contribution in [-0.4, -0.2) is 11.0 Å². The van der Waals surface area contributed by atoms with E-state index in [9.17, 15) is 0 Å². The molecule has 5 N–H and O–H groups in total. The number of rotatable bonds is 2. The lowest BCUT2D eigenvalue weighted by Gasteiger charge is -2.10. The van der Waals surface area contributed by atoms with Gasteiger partial charge >= 0.3 is 0 Å². The van der Waals surface area contributed by atoms with Crippen LogP contribution in [0.5, 0.6) is 0 Å². The third-order valence-electron chi connectivity index (χ3n) is 3.35. The molecule has 0 spiro atoms.